The second-order valence-corrected chi connectivity index (χ2v) is 4.94. The van der Waals surface area contributed by atoms with E-state index in [0.29, 0.717) is 0 Å². The number of nitrogens with two attached hydrogens (primary N) is 1. The third-order valence-electron chi connectivity index (χ3n) is 3.58. The Hall–Kier alpha value is -2.16. The van der Waals surface area contributed by atoms with Crippen molar-refractivity contribution in [2.45, 2.75) is 19.4 Å². The first-order chi connectivity index (χ1) is 9.24. The van der Waals surface area contributed by atoms with Crippen LogP contribution in [0.1, 0.15) is 23.6 Å². The molecule has 0 fully saturated rings. The van der Waals surface area contributed by atoms with E-state index in [1.807, 2.05) is 37.3 Å². The number of fused-ring (bicyclic) bond motifs is 1. The molecule has 98 valence electrons. The summed E-state index contributed by atoms with van der Waals surface area (Å²) in [5.41, 5.74) is 10.2. The summed E-state index contributed by atoms with van der Waals surface area (Å²) in [5.74, 6) is 0.978. The molecule has 0 bridgehead atoms. The van der Waals surface area contributed by atoms with Gasteiger partial charge in [-0.05, 0) is 30.7 Å². The summed E-state index contributed by atoms with van der Waals surface area (Å²) in [5, 5.41) is 3.55. The summed E-state index contributed by atoms with van der Waals surface area (Å²) < 4.78 is 5.67. The van der Waals surface area contributed by atoms with E-state index in [1.165, 1.54) is 5.56 Å². The molecule has 2 aromatic rings. The topological polar surface area (TPSA) is 47.3 Å². The third kappa shape index (κ3) is 2.36. The Morgan fingerprint density at radius 2 is 2.05 bits per heavy atom. The van der Waals surface area contributed by atoms with Gasteiger partial charge in [0.1, 0.15) is 5.75 Å². The van der Waals surface area contributed by atoms with Crippen LogP contribution in [0, 0.1) is 6.92 Å². The molecule has 19 heavy (non-hydrogen) atoms. The van der Waals surface area contributed by atoms with Crippen LogP contribution in [0.25, 0.3) is 0 Å². The van der Waals surface area contributed by atoms with Crippen LogP contribution in [-0.2, 0) is 0 Å². The average Bonchev–Trinajstić information content (AvgIpc) is 2.43. The predicted octanol–water partition coefficient (Wildman–Crippen LogP) is 3.51. The van der Waals surface area contributed by atoms with Crippen LogP contribution in [-0.4, -0.2) is 6.61 Å². The quantitative estimate of drug-likeness (QED) is 0.806. The molecule has 0 saturated heterocycles. The lowest BCUT2D eigenvalue weighted by Crippen LogP contribution is -2.20. The number of hydrogen-bond acceptors (Lipinski definition) is 3. The van der Waals surface area contributed by atoms with Gasteiger partial charge in [0, 0.05) is 23.4 Å². The Balaban J connectivity index is 1.86. The molecule has 3 nitrogen and oxygen atoms in total. The number of benzene rings is 2. The van der Waals surface area contributed by atoms with Crippen molar-refractivity contribution < 1.29 is 4.74 Å². The van der Waals surface area contributed by atoms with Crippen LogP contribution >= 0.6 is 0 Å². The lowest BCUT2D eigenvalue weighted by molar-refractivity contribution is 0.274. The maximum absolute atomic E-state index is 5.96. The number of hydrogen-bond donors (Lipinski definition) is 2. The maximum Gasteiger partial charge on any atom is 0.124 e. The van der Waals surface area contributed by atoms with Crippen LogP contribution in [0.5, 0.6) is 5.75 Å². The van der Waals surface area contributed by atoms with E-state index in [4.69, 9.17) is 10.5 Å². The van der Waals surface area contributed by atoms with Crippen LogP contribution in [0.15, 0.2) is 42.5 Å². The average molecular weight is 254 g/mol. The summed E-state index contributed by atoms with van der Waals surface area (Å²) in [6.07, 6.45) is 0.963. The SMILES string of the molecule is Cc1ccc(NC2CCOc3ccccc32)cc1N. The minimum atomic E-state index is 0.284. The molecule has 1 heterocycles. The largest absolute Gasteiger partial charge is 0.493 e. The molecule has 3 N–H and O–H groups in total. The number of nitrogen functional groups attached to an aromatic ring is 1. The van der Waals surface area contributed by atoms with Gasteiger partial charge >= 0.3 is 0 Å². The Labute approximate surface area is 113 Å². The summed E-state index contributed by atoms with van der Waals surface area (Å²) in [6.45, 7) is 2.76. The van der Waals surface area contributed by atoms with Gasteiger partial charge in [-0.1, -0.05) is 24.3 Å². The fourth-order valence-corrected chi connectivity index (χ4v) is 2.42. The van der Waals surface area contributed by atoms with E-state index in [-0.39, 0.29) is 6.04 Å². The molecular weight excluding hydrogens is 236 g/mol. The fourth-order valence-electron chi connectivity index (χ4n) is 2.42. The smallest absolute Gasteiger partial charge is 0.124 e. The summed E-state index contributed by atoms with van der Waals surface area (Å²) in [6, 6.07) is 14.6. The zero-order valence-electron chi connectivity index (χ0n) is 11.0. The van der Waals surface area contributed by atoms with E-state index in [1.54, 1.807) is 0 Å². The molecule has 3 rings (SSSR count). The molecule has 0 spiro atoms. The number of rotatable bonds is 2. The number of anilines is 2. The highest BCUT2D eigenvalue weighted by Crippen LogP contribution is 2.34. The third-order valence-corrected chi connectivity index (χ3v) is 3.58. The normalized spacial score (nSPS) is 17.4. The highest BCUT2D eigenvalue weighted by Gasteiger charge is 2.20. The molecule has 1 aliphatic rings. The first-order valence-electron chi connectivity index (χ1n) is 6.58. The minimum absolute atomic E-state index is 0.284. The van der Waals surface area contributed by atoms with E-state index >= 15 is 0 Å². The molecule has 0 radical (unpaired) electrons. The monoisotopic (exact) mass is 254 g/mol. The molecule has 2 aromatic carbocycles. The summed E-state index contributed by atoms with van der Waals surface area (Å²) >= 11 is 0. The number of nitrogens with one attached hydrogen (secondary N) is 1. The van der Waals surface area contributed by atoms with Crippen LogP contribution in [0.4, 0.5) is 11.4 Å². The van der Waals surface area contributed by atoms with Gasteiger partial charge in [0.25, 0.3) is 0 Å². The Morgan fingerprint density at radius 1 is 1.21 bits per heavy atom. The predicted molar refractivity (Wildman–Crippen MR) is 78.5 cm³/mol. The van der Waals surface area contributed by atoms with Crippen LogP contribution < -0.4 is 15.8 Å². The molecule has 1 atom stereocenters. The van der Waals surface area contributed by atoms with Crippen molar-refractivity contribution in [3.05, 3.63) is 53.6 Å². The summed E-state index contributed by atoms with van der Waals surface area (Å²) in [7, 11) is 0. The number of aryl methyl sites for hydroxylation is 1. The summed E-state index contributed by atoms with van der Waals surface area (Å²) in [4.78, 5) is 0. The molecule has 0 aliphatic carbocycles. The van der Waals surface area contributed by atoms with E-state index in [2.05, 4.69) is 17.4 Å². The molecule has 0 aromatic heterocycles. The van der Waals surface area contributed by atoms with Crippen LogP contribution in [0.3, 0.4) is 0 Å². The van der Waals surface area contributed by atoms with Gasteiger partial charge in [0.05, 0.1) is 12.6 Å². The minimum Gasteiger partial charge on any atom is -0.493 e. The second kappa shape index (κ2) is 4.84. The van der Waals surface area contributed by atoms with E-state index < -0.39 is 0 Å². The van der Waals surface area contributed by atoms with Gasteiger partial charge in [-0.3, -0.25) is 0 Å². The van der Waals surface area contributed by atoms with Crippen molar-refractivity contribution in [2.24, 2.45) is 0 Å². The lowest BCUT2D eigenvalue weighted by atomic mass is 10.00. The van der Waals surface area contributed by atoms with Crippen molar-refractivity contribution >= 4 is 11.4 Å². The van der Waals surface area contributed by atoms with Crippen molar-refractivity contribution in [3.8, 4) is 5.75 Å². The standard InChI is InChI=1S/C16H18N2O/c1-11-6-7-12(10-14(11)17)18-15-8-9-19-16-5-3-2-4-13(15)16/h2-7,10,15,18H,8-9,17H2,1H3. The van der Waals surface area contributed by atoms with Gasteiger partial charge in [-0.2, -0.15) is 0 Å². The van der Waals surface area contributed by atoms with Crippen molar-refractivity contribution in [1.29, 1.82) is 0 Å². The Bertz CT molecular complexity index is 595. The molecule has 3 heteroatoms. The van der Waals surface area contributed by atoms with Gasteiger partial charge in [0.15, 0.2) is 0 Å². The maximum atomic E-state index is 5.96. The number of ether oxygens (including phenoxy) is 1. The van der Waals surface area contributed by atoms with Gasteiger partial charge in [-0.25, -0.2) is 0 Å². The zero-order chi connectivity index (χ0) is 13.2. The molecular formula is C16H18N2O. The zero-order valence-corrected chi connectivity index (χ0v) is 11.0. The molecule has 1 unspecified atom stereocenters. The van der Waals surface area contributed by atoms with Gasteiger partial charge in [0.2, 0.25) is 0 Å². The highest BCUT2D eigenvalue weighted by molar-refractivity contribution is 5.59. The highest BCUT2D eigenvalue weighted by atomic mass is 16.5. The van der Waals surface area contributed by atoms with E-state index in [0.717, 1.165) is 35.7 Å². The second-order valence-electron chi connectivity index (χ2n) is 4.94. The van der Waals surface area contributed by atoms with E-state index in [9.17, 15) is 0 Å². The molecule has 0 saturated carbocycles. The number of para-hydroxylation sites is 1. The van der Waals surface area contributed by atoms with Crippen molar-refractivity contribution in [1.82, 2.24) is 0 Å². The lowest BCUT2D eigenvalue weighted by Gasteiger charge is -2.27. The van der Waals surface area contributed by atoms with Gasteiger partial charge < -0.3 is 15.8 Å². The Morgan fingerprint density at radius 3 is 2.89 bits per heavy atom. The van der Waals surface area contributed by atoms with Crippen molar-refractivity contribution in [3.63, 3.8) is 0 Å². The first-order valence-corrected chi connectivity index (χ1v) is 6.58. The Kier molecular flexibility index (Phi) is 3.03. The fraction of sp³-hybridized carbons (Fsp3) is 0.250. The van der Waals surface area contributed by atoms with Crippen LogP contribution in [0.2, 0.25) is 0 Å². The molecule has 0 amide bonds. The first kappa shape index (κ1) is 11.9. The molecule has 1 aliphatic heterocycles. The van der Waals surface area contributed by atoms with Gasteiger partial charge in [-0.15, -0.1) is 0 Å². The van der Waals surface area contributed by atoms with Crippen molar-refractivity contribution in [2.75, 3.05) is 17.7 Å².